The number of benzene rings is 2. The molecule has 1 fully saturated rings. The summed E-state index contributed by atoms with van der Waals surface area (Å²) in [6.45, 7) is 4.86. The van der Waals surface area contributed by atoms with Gasteiger partial charge in [-0.05, 0) is 42.0 Å². The summed E-state index contributed by atoms with van der Waals surface area (Å²) in [7, 11) is 0. The molecule has 5 rings (SSSR count). The van der Waals surface area contributed by atoms with Crippen molar-refractivity contribution in [2.45, 2.75) is 52.2 Å². The minimum atomic E-state index is -0.261. The van der Waals surface area contributed by atoms with E-state index in [1.54, 1.807) is 6.20 Å². The van der Waals surface area contributed by atoms with E-state index in [0.29, 0.717) is 28.9 Å². The van der Waals surface area contributed by atoms with Crippen molar-refractivity contribution in [2.24, 2.45) is 11.8 Å². The second-order valence-corrected chi connectivity index (χ2v) is 9.98. The summed E-state index contributed by atoms with van der Waals surface area (Å²) >= 11 is 6.06. The number of nitrogens with zero attached hydrogens (tertiary/aromatic N) is 3. The Bertz CT molecular complexity index is 1410. The Morgan fingerprint density at radius 1 is 1.09 bits per heavy atom. The largest absolute Gasteiger partial charge is 0.351 e. The molecule has 1 N–H and O–H groups in total. The van der Waals surface area contributed by atoms with Gasteiger partial charge in [0.25, 0.3) is 5.56 Å². The molecule has 1 saturated carbocycles. The van der Waals surface area contributed by atoms with Crippen molar-refractivity contribution in [3.63, 3.8) is 0 Å². The number of hydrogen-bond acceptors (Lipinski definition) is 3. The highest BCUT2D eigenvalue weighted by molar-refractivity contribution is 6.30. The van der Waals surface area contributed by atoms with Crippen LogP contribution in [0.1, 0.15) is 38.7 Å². The highest BCUT2D eigenvalue weighted by Crippen LogP contribution is 2.30. The molecule has 2 heterocycles. The summed E-state index contributed by atoms with van der Waals surface area (Å²) in [5.41, 5.74) is 2.29. The molecule has 176 valence electrons. The molecular weight excluding hydrogens is 448 g/mol. The van der Waals surface area contributed by atoms with Crippen LogP contribution in [0.2, 0.25) is 5.02 Å². The molecule has 0 saturated heterocycles. The first kappa shape index (κ1) is 22.7. The van der Waals surface area contributed by atoms with Gasteiger partial charge < -0.3 is 9.88 Å². The Balaban J connectivity index is 1.50. The number of amides is 1. The van der Waals surface area contributed by atoms with Crippen LogP contribution < -0.4 is 10.9 Å². The maximum absolute atomic E-state index is 13.6. The van der Waals surface area contributed by atoms with Gasteiger partial charge >= 0.3 is 0 Å². The maximum atomic E-state index is 13.6. The molecule has 6 nitrogen and oxygen atoms in total. The Kier molecular flexibility index (Phi) is 6.17. The SMILES string of the molecule is C[C@@H]1[C@H](C)CCC[C@@H]1NC(=O)Cn1ncc2c3ccccc3n(Cc3ccc(Cl)cc3)c2c1=O. The number of carbonyl (C=O) groups excluding carboxylic acids is 1. The number of rotatable bonds is 5. The molecule has 7 heteroatoms. The summed E-state index contributed by atoms with van der Waals surface area (Å²) in [5, 5.41) is 9.95. The van der Waals surface area contributed by atoms with E-state index in [0.717, 1.165) is 34.7 Å². The van der Waals surface area contributed by atoms with Crippen LogP contribution in [0.5, 0.6) is 0 Å². The third kappa shape index (κ3) is 4.23. The summed E-state index contributed by atoms with van der Waals surface area (Å²) in [6.07, 6.45) is 5.00. The van der Waals surface area contributed by atoms with Gasteiger partial charge in [-0.3, -0.25) is 9.59 Å². The average molecular weight is 477 g/mol. The van der Waals surface area contributed by atoms with E-state index < -0.39 is 0 Å². The lowest BCUT2D eigenvalue weighted by Gasteiger charge is -2.34. The molecule has 2 aromatic carbocycles. The number of fused-ring (bicyclic) bond motifs is 3. The second-order valence-electron chi connectivity index (χ2n) is 9.54. The van der Waals surface area contributed by atoms with Crippen molar-refractivity contribution in [3.8, 4) is 0 Å². The average Bonchev–Trinajstić information content (AvgIpc) is 3.14. The molecule has 0 spiro atoms. The van der Waals surface area contributed by atoms with Crippen LogP contribution in [-0.2, 0) is 17.9 Å². The molecule has 0 unspecified atom stereocenters. The van der Waals surface area contributed by atoms with Gasteiger partial charge in [-0.25, -0.2) is 4.68 Å². The van der Waals surface area contributed by atoms with Crippen molar-refractivity contribution >= 4 is 39.3 Å². The molecule has 3 atom stereocenters. The van der Waals surface area contributed by atoms with Crippen molar-refractivity contribution in [1.29, 1.82) is 0 Å². The quantitative estimate of drug-likeness (QED) is 0.441. The fourth-order valence-corrected chi connectivity index (χ4v) is 5.34. The number of hydrogen-bond donors (Lipinski definition) is 1. The molecule has 0 bridgehead atoms. The van der Waals surface area contributed by atoms with E-state index in [-0.39, 0.29) is 24.1 Å². The van der Waals surface area contributed by atoms with E-state index in [1.807, 2.05) is 53.1 Å². The van der Waals surface area contributed by atoms with Gasteiger partial charge in [-0.1, -0.05) is 68.6 Å². The molecule has 1 amide bonds. The van der Waals surface area contributed by atoms with E-state index in [4.69, 9.17) is 11.6 Å². The third-order valence-corrected chi connectivity index (χ3v) is 7.63. The predicted octanol–water partition coefficient (Wildman–Crippen LogP) is 4.99. The summed E-state index contributed by atoms with van der Waals surface area (Å²) in [6, 6.07) is 15.7. The Labute approximate surface area is 203 Å². The number of aromatic nitrogens is 3. The van der Waals surface area contributed by atoms with E-state index in [1.165, 1.54) is 11.1 Å². The zero-order valence-electron chi connectivity index (χ0n) is 19.5. The van der Waals surface area contributed by atoms with Gasteiger partial charge in [-0.2, -0.15) is 5.10 Å². The first-order valence-corrected chi connectivity index (χ1v) is 12.3. The van der Waals surface area contributed by atoms with Crippen LogP contribution in [0, 0.1) is 11.8 Å². The van der Waals surface area contributed by atoms with Crippen LogP contribution in [0.15, 0.2) is 59.5 Å². The predicted molar refractivity (Wildman–Crippen MR) is 136 cm³/mol. The van der Waals surface area contributed by atoms with Gasteiger partial charge in [-0.15, -0.1) is 0 Å². The van der Waals surface area contributed by atoms with E-state index in [9.17, 15) is 9.59 Å². The van der Waals surface area contributed by atoms with Crippen molar-refractivity contribution in [1.82, 2.24) is 19.7 Å². The maximum Gasteiger partial charge on any atom is 0.291 e. The fourth-order valence-electron chi connectivity index (χ4n) is 5.22. The van der Waals surface area contributed by atoms with Gasteiger partial charge in [0, 0.05) is 33.9 Å². The fraction of sp³-hybridized carbons (Fsp3) is 0.370. The summed E-state index contributed by atoms with van der Waals surface area (Å²) < 4.78 is 3.29. The molecule has 4 aromatic rings. The zero-order chi connectivity index (χ0) is 23.8. The first-order valence-electron chi connectivity index (χ1n) is 11.9. The minimum absolute atomic E-state index is 0.0884. The van der Waals surface area contributed by atoms with Gasteiger partial charge in [0.1, 0.15) is 12.1 Å². The van der Waals surface area contributed by atoms with Crippen LogP contribution in [0.4, 0.5) is 0 Å². The molecule has 1 aliphatic carbocycles. The lowest BCUT2D eigenvalue weighted by Crippen LogP contribution is -2.45. The van der Waals surface area contributed by atoms with Crippen molar-refractivity contribution < 1.29 is 4.79 Å². The molecule has 0 radical (unpaired) electrons. The van der Waals surface area contributed by atoms with Crippen LogP contribution >= 0.6 is 11.6 Å². The van der Waals surface area contributed by atoms with Crippen LogP contribution in [-0.4, -0.2) is 26.3 Å². The summed E-state index contributed by atoms with van der Waals surface area (Å²) in [5.74, 6) is 0.840. The Morgan fingerprint density at radius 3 is 2.65 bits per heavy atom. The smallest absolute Gasteiger partial charge is 0.291 e. The number of para-hydroxylation sites is 1. The zero-order valence-corrected chi connectivity index (χ0v) is 20.3. The van der Waals surface area contributed by atoms with Crippen molar-refractivity contribution in [2.75, 3.05) is 0 Å². The topological polar surface area (TPSA) is 68.9 Å². The number of carbonyl (C=O) groups is 1. The lowest BCUT2D eigenvalue weighted by molar-refractivity contribution is -0.123. The second kappa shape index (κ2) is 9.26. The van der Waals surface area contributed by atoms with Gasteiger partial charge in [0.2, 0.25) is 5.91 Å². The lowest BCUT2D eigenvalue weighted by atomic mass is 9.78. The molecule has 1 aliphatic rings. The molecule has 2 aromatic heterocycles. The van der Waals surface area contributed by atoms with Crippen molar-refractivity contribution in [3.05, 3.63) is 75.7 Å². The molecule has 0 aliphatic heterocycles. The minimum Gasteiger partial charge on any atom is -0.351 e. The normalized spacial score (nSPS) is 20.6. The highest BCUT2D eigenvalue weighted by Gasteiger charge is 2.28. The van der Waals surface area contributed by atoms with E-state index in [2.05, 4.69) is 24.3 Å². The van der Waals surface area contributed by atoms with Crippen LogP contribution in [0.25, 0.3) is 21.8 Å². The molecule has 34 heavy (non-hydrogen) atoms. The van der Waals surface area contributed by atoms with E-state index >= 15 is 0 Å². The van der Waals surface area contributed by atoms with Crippen LogP contribution in [0.3, 0.4) is 0 Å². The Morgan fingerprint density at radius 2 is 1.85 bits per heavy atom. The van der Waals surface area contributed by atoms with Gasteiger partial charge in [0.15, 0.2) is 0 Å². The van der Waals surface area contributed by atoms with Gasteiger partial charge in [0.05, 0.1) is 6.20 Å². The molecular formula is C27H29ClN4O2. The third-order valence-electron chi connectivity index (χ3n) is 7.37. The highest BCUT2D eigenvalue weighted by atomic mass is 35.5. The monoisotopic (exact) mass is 476 g/mol. The first-order chi connectivity index (χ1) is 16.4. The Hall–Kier alpha value is -3.12. The number of halogens is 1. The number of nitrogens with one attached hydrogen (secondary N) is 1. The summed E-state index contributed by atoms with van der Waals surface area (Å²) in [4.78, 5) is 26.5. The standard InChI is InChI=1S/C27H29ClN4O2/c1-17-6-5-8-23(18(17)2)30-25(33)16-32-27(34)26-22(14-29-32)21-7-3-4-9-24(21)31(26)15-19-10-12-20(28)13-11-19/h3-4,7,9-14,17-18,23H,5-6,8,15-16H2,1-2H3,(H,30,33)/t17-,18-,23+/m1/s1.